The fourth-order valence-electron chi connectivity index (χ4n) is 1.94. The molecule has 0 spiro atoms. The number of hydrogen-bond acceptors (Lipinski definition) is 2. The largest absolute Gasteiger partial charge is 0.349 e. The number of nitrogens with one attached hydrogen (secondary N) is 2. The van der Waals surface area contributed by atoms with Gasteiger partial charge in [0.05, 0.1) is 12.6 Å². The molecule has 0 aromatic heterocycles. The summed E-state index contributed by atoms with van der Waals surface area (Å²) in [6.07, 6.45) is -1.96. The zero-order valence-electron chi connectivity index (χ0n) is 9.66. The monoisotopic (exact) mass is 276 g/mol. The molecule has 1 aromatic carbocycles. The Hall–Kier alpha value is -1.20. The summed E-state index contributed by atoms with van der Waals surface area (Å²) < 4.78 is 23.9. The Bertz CT molecular complexity index is 415. The topological polar surface area (TPSA) is 41.1 Å². The molecule has 0 saturated heterocycles. The van der Waals surface area contributed by atoms with Gasteiger partial charge >= 0.3 is 0 Å². The molecular formula is C12H15ClF2N2O. The van der Waals surface area contributed by atoms with E-state index in [-0.39, 0.29) is 18.3 Å². The van der Waals surface area contributed by atoms with Gasteiger partial charge < -0.3 is 10.6 Å². The Labute approximate surface area is 110 Å². The maximum atomic E-state index is 12.0. The van der Waals surface area contributed by atoms with Crippen molar-refractivity contribution in [3.63, 3.8) is 0 Å². The third-order valence-corrected chi connectivity index (χ3v) is 2.83. The van der Waals surface area contributed by atoms with Crippen LogP contribution in [0.25, 0.3) is 0 Å². The fourth-order valence-corrected chi connectivity index (χ4v) is 1.94. The highest BCUT2D eigenvalue weighted by molar-refractivity contribution is 5.85. The molecule has 3 nitrogen and oxygen atoms in total. The smallest absolute Gasteiger partial charge is 0.255 e. The third kappa shape index (κ3) is 3.65. The van der Waals surface area contributed by atoms with Gasteiger partial charge in [-0.3, -0.25) is 4.79 Å². The minimum atomic E-state index is -2.50. The average Bonchev–Trinajstić information content (AvgIpc) is 2.35. The van der Waals surface area contributed by atoms with Crippen molar-refractivity contribution < 1.29 is 13.6 Å². The Morgan fingerprint density at radius 3 is 2.72 bits per heavy atom. The Kier molecular flexibility index (Phi) is 5.50. The SMILES string of the molecule is Cl.O=C(NCC(F)F)C1Cc2ccccc2CN1. The van der Waals surface area contributed by atoms with Crippen LogP contribution in [0.15, 0.2) is 24.3 Å². The second-order valence-electron chi connectivity index (χ2n) is 4.04. The van der Waals surface area contributed by atoms with E-state index in [9.17, 15) is 13.6 Å². The zero-order chi connectivity index (χ0) is 12.3. The molecular weight excluding hydrogens is 262 g/mol. The molecule has 0 bridgehead atoms. The van der Waals surface area contributed by atoms with Crippen LogP contribution < -0.4 is 10.6 Å². The van der Waals surface area contributed by atoms with Gasteiger partial charge in [0.15, 0.2) is 0 Å². The molecule has 0 fully saturated rings. The van der Waals surface area contributed by atoms with Crippen molar-refractivity contribution in [1.29, 1.82) is 0 Å². The number of fused-ring (bicyclic) bond motifs is 1. The molecule has 2 rings (SSSR count). The van der Waals surface area contributed by atoms with E-state index in [4.69, 9.17) is 0 Å². The third-order valence-electron chi connectivity index (χ3n) is 2.83. The maximum Gasteiger partial charge on any atom is 0.255 e. The molecule has 1 amide bonds. The molecule has 1 unspecified atom stereocenters. The Balaban J connectivity index is 0.00000162. The van der Waals surface area contributed by atoms with Crippen molar-refractivity contribution >= 4 is 18.3 Å². The molecule has 100 valence electrons. The molecule has 0 aliphatic carbocycles. The van der Waals surface area contributed by atoms with Crippen LogP contribution in [-0.4, -0.2) is 24.9 Å². The van der Waals surface area contributed by atoms with Gasteiger partial charge in [-0.15, -0.1) is 12.4 Å². The van der Waals surface area contributed by atoms with Crippen LogP contribution in [0.2, 0.25) is 0 Å². The van der Waals surface area contributed by atoms with Crippen LogP contribution in [0.1, 0.15) is 11.1 Å². The van der Waals surface area contributed by atoms with Gasteiger partial charge in [-0.05, 0) is 17.5 Å². The van der Waals surface area contributed by atoms with E-state index in [0.717, 1.165) is 11.1 Å². The van der Waals surface area contributed by atoms with Crippen molar-refractivity contribution in [2.24, 2.45) is 0 Å². The van der Waals surface area contributed by atoms with E-state index in [2.05, 4.69) is 10.6 Å². The number of alkyl halides is 2. The molecule has 1 aromatic rings. The maximum absolute atomic E-state index is 12.0. The van der Waals surface area contributed by atoms with E-state index < -0.39 is 19.0 Å². The van der Waals surface area contributed by atoms with Gasteiger partial charge in [0.1, 0.15) is 0 Å². The number of carbonyl (C=O) groups excluding carboxylic acids is 1. The lowest BCUT2D eigenvalue weighted by atomic mass is 9.95. The van der Waals surface area contributed by atoms with Crippen molar-refractivity contribution in [1.82, 2.24) is 10.6 Å². The van der Waals surface area contributed by atoms with Crippen LogP contribution in [-0.2, 0) is 17.8 Å². The molecule has 6 heteroatoms. The van der Waals surface area contributed by atoms with Crippen molar-refractivity contribution in [3.8, 4) is 0 Å². The Morgan fingerprint density at radius 2 is 2.06 bits per heavy atom. The summed E-state index contributed by atoms with van der Waals surface area (Å²) in [5, 5.41) is 5.27. The van der Waals surface area contributed by atoms with Crippen LogP contribution in [0, 0.1) is 0 Å². The van der Waals surface area contributed by atoms with E-state index in [0.29, 0.717) is 13.0 Å². The molecule has 1 heterocycles. The van der Waals surface area contributed by atoms with E-state index >= 15 is 0 Å². The summed E-state index contributed by atoms with van der Waals surface area (Å²) >= 11 is 0. The van der Waals surface area contributed by atoms with Crippen LogP contribution in [0.5, 0.6) is 0 Å². The normalized spacial score (nSPS) is 17.8. The minimum absolute atomic E-state index is 0. The first-order valence-electron chi connectivity index (χ1n) is 5.53. The van der Waals surface area contributed by atoms with Crippen molar-refractivity contribution in [2.75, 3.05) is 6.54 Å². The van der Waals surface area contributed by atoms with Gasteiger partial charge in [0.25, 0.3) is 6.43 Å². The molecule has 1 atom stereocenters. The lowest BCUT2D eigenvalue weighted by Crippen LogP contribution is -2.48. The second kappa shape index (κ2) is 6.66. The predicted molar refractivity (Wildman–Crippen MR) is 67.0 cm³/mol. The van der Waals surface area contributed by atoms with E-state index in [1.165, 1.54) is 0 Å². The summed E-state index contributed by atoms with van der Waals surface area (Å²) in [4.78, 5) is 11.6. The molecule has 0 saturated carbocycles. The number of amides is 1. The van der Waals surface area contributed by atoms with Crippen molar-refractivity contribution in [3.05, 3.63) is 35.4 Å². The highest BCUT2D eigenvalue weighted by Crippen LogP contribution is 2.16. The number of hydrogen-bond donors (Lipinski definition) is 2. The summed E-state index contributed by atoms with van der Waals surface area (Å²) in [5.74, 6) is -0.361. The van der Waals surface area contributed by atoms with Gasteiger partial charge in [-0.2, -0.15) is 0 Å². The number of rotatable bonds is 3. The number of halogens is 3. The molecule has 1 aliphatic heterocycles. The van der Waals surface area contributed by atoms with E-state index in [1.54, 1.807) is 0 Å². The molecule has 0 radical (unpaired) electrons. The van der Waals surface area contributed by atoms with Gasteiger partial charge in [-0.1, -0.05) is 24.3 Å². The first kappa shape index (κ1) is 14.9. The first-order valence-corrected chi connectivity index (χ1v) is 5.53. The standard InChI is InChI=1S/C12H14F2N2O.ClH/c13-11(14)7-16-12(17)10-5-8-3-1-2-4-9(8)6-15-10;/h1-4,10-11,15H,5-7H2,(H,16,17);1H. The lowest BCUT2D eigenvalue weighted by Gasteiger charge is -2.25. The lowest BCUT2D eigenvalue weighted by molar-refractivity contribution is -0.124. The molecule has 2 N–H and O–H groups in total. The first-order chi connectivity index (χ1) is 8.16. The number of carbonyl (C=O) groups is 1. The zero-order valence-corrected chi connectivity index (χ0v) is 10.5. The van der Waals surface area contributed by atoms with Gasteiger partial charge in [0, 0.05) is 6.54 Å². The average molecular weight is 277 g/mol. The fraction of sp³-hybridized carbons (Fsp3) is 0.417. The highest BCUT2D eigenvalue weighted by Gasteiger charge is 2.23. The Morgan fingerprint density at radius 1 is 1.39 bits per heavy atom. The quantitative estimate of drug-likeness (QED) is 0.879. The highest BCUT2D eigenvalue weighted by atomic mass is 35.5. The van der Waals surface area contributed by atoms with Crippen molar-refractivity contribution in [2.45, 2.75) is 25.4 Å². The molecule has 18 heavy (non-hydrogen) atoms. The summed E-state index contributed by atoms with van der Waals surface area (Å²) in [6.45, 7) is 0.0155. The number of benzene rings is 1. The summed E-state index contributed by atoms with van der Waals surface area (Å²) in [6, 6.07) is 7.40. The van der Waals surface area contributed by atoms with Crippen LogP contribution >= 0.6 is 12.4 Å². The van der Waals surface area contributed by atoms with E-state index in [1.807, 2.05) is 24.3 Å². The second-order valence-corrected chi connectivity index (χ2v) is 4.04. The van der Waals surface area contributed by atoms with Gasteiger partial charge in [0.2, 0.25) is 5.91 Å². The predicted octanol–water partition coefficient (Wildman–Crippen LogP) is 1.50. The van der Waals surface area contributed by atoms with Crippen LogP contribution in [0.4, 0.5) is 8.78 Å². The summed E-state index contributed by atoms with van der Waals surface area (Å²) in [7, 11) is 0. The van der Waals surface area contributed by atoms with Gasteiger partial charge in [-0.25, -0.2) is 8.78 Å². The summed E-state index contributed by atoms with van der Waals surface area (Å²) in [5.41, 5.74) is 2.26. The minimum Gasteiger partial charge on any atom is -0.349 e. The van der Waals surface area contributed by atoms with Crippen LogP contribution in [0.3, 0.4) is 0 Å². The molecule has 1 aliphatic rings.